The average Bonchev–Trinajstić information content (AvgIpc) is 3.12. The molecule has 18 heavy (non-hydrogen) atoms. The van der Waals surface area contributed by atoms with E-state index < -0.39 is 0 Å². The summed E-state index contributed by atoms with van der Waals surface area (Å²) >= 11 is 0. The standard InChI is InChI=1S/C15H20N2O/c1-3-18-12-6-7-15-13(8-12)14(10(2)17-15)9-16-11-4-5-11/h6-8,11,16-17H,3-5,9H2,1-2H3. The molecule has 0 saturated heterocycles. The molecule has 2 N–H and O–H groups in total. The van der Waals surface area contributed by atoms with E-state index in [2.05, 4.69) is 29.4 Å². The van der Waals surface area contributed by atoms with Crippen LogP contribution in [0.25, 0.3) is 10.9 Å². The van der Waals surface area contributed by atoms with Gasteiger partial charge in [0.05, 0.1) is 6.61 Å². The Labute approximate surface area is 108 Å². The van der Waals surface area contributed by atoms with Crippen LogP contribution in [0.1, 0.15) is 31.0 Å². The fraction of sp³-hybridized carbons (Fsp3) is 0.467. The van der Waals surface area contributed by atoms with E-state index in [1.165, 1.54) is 35.0 Å². The van der Waals surface area contributed by atoms with E-state index >= 15 is 0 Å². The topological polar surface area (TPSA) is 37.0 Å². The number of aryl methyl sites for hydroxylation is 1. The summed E-state index contributed by atoms with van der Waals surface area (Å²) in [5, 5.41) is 4.87. The van der Waals surface area contributed by atoms with Crippen LogP contribution in [-0.2, 0) is 6.54 Å². The molecule has 0 amide bonds. The van der Waals surface area contributed by atoms with Crippen molar-refractivity contribution < 1.29 is 4.74 Å². The Balaban J connectivity index is 1.93. The average molecular weight is 244 g/mol. The third kappa shape index (κ3) is 2.23. The number of rotatable bonds is 5. The first-order chi connectivity index (χ1) is 8.78. The molecule has 3 rings (SSSR count). The van der Waals surface area contributed by atoms with Crippen molar-refractivity contribution in [1.29, 1.82) is 0 Å². The van der Waals surface area contributed by atoms with Crippen molar-refractivity contribution in [1.82, 2.24) is 10.3 Å². The molecule has 1 fully saturated rings. The van der Waals surface area contributed by atoms with Crippen molar-refractivity contribution >= 4 is 10.9 Å². The summed E-state index contributed by atoms with van der Waals surface area (Å²) in [7, 11) is 0. The van der Waals surface area contributed by atoms with Gasteiger partial charge in [-0.25, -0.2) is 0 Å². The zero-order chi connectivity index (χ0) is 12.5. The van der Waals surface area contributed by atoms with E-state index in [1.54, 1.807) is 0 Å². The van der Waals surface area contributed by atoms with E-state index in [4.69, 9.17) is 4.74 Å². The van der Waals surface area contributed by atoms with Crippen molar-refractivity contribution in [3.63, 3.8) is 0 Å². The van der Waals surface area contributed by atoms with Crippen LogP contribution < -0.4 is 10.1 Å². The number of benzene rings is 1. The lowest BCUT2D eigenvalue weighted by atomic mass is 10.1. The largest absolute Gasteiger partial charge is 0.494 e. The first-order valence-electron chi connectivity index (χ1n) is 6.75. The number of ether oxygens (including phenoxy) is 1. The lowest BCUT2D eigenvalue weighted by Gasteiger charge is -2.05. The fourth-order valence-electron chi connectivity index (χ4n) is 2.38. The molecule has 2 aromatic rings. The lowest BCUT2D eigenvalue weighted by Crippen LogP contribution is -2.15. The van der Waals surface area contributed by atoms with E-state index in [-0.39, 0.29) is 0 Å². The van der Waals surface area contributed by atoms with Crippen LogP contribution >= 0.6 is 0 Å². The summed E-state index contributed by atoms with van der Waals surface area (Å²) in [5.41, 5.74) is 3.83. The summed E-state index contributed by atoms with van der Waals surface area (Å²) in [6.45, 7) is 5.82. The van der Waals surface area contributed by atoms with Gasteiger partial charge in [-0.1, -0.05) is 0 Å². The number of fused-ring (bicyclic) bond motifs is 1. The Morgan fingerprint density at radius 2 is 2.22 bits per heavy atom. The Morgan fingerprint density at radius 3 is 2.94 bits per heavy atom. The quantitative estimate of drug-likeness (QED) is 0.848. The minimum absolute atomic E-state index is 0.713. The summed E-state index contributed by atoms with van der Waals surface area (Å²) in [4.78, 5) is 3.44. The SMILES string of the molecule is CCOc1ccc2[nH]c(C)c(CNC3CC3)c2c1. The molecule has 1 aromatic heterocycles. The van der Waals surface area contributed by atoms with E-state index in [0.29, 0.717) is 6.61 Å². The molecule has 3 nitrogen and oxygen atoms in total. The summed E-state index contributed by atoms with van der Waals surface area (Å²) in [6.07, 6.45) is 2.65. The molecule has 1 aliphatic rings. The molecule has 0 radical (unpaired) electrons. The highest BCUT2D eigenvalue weighted by atomic mass is 16.5. The van der Waals surface area contributed by atoms with Gasteiger partial charge in [0.25, 0.3) is 0 Å². The third-order valence-corrected chi connectivity index (χ3v) is 3.55. The van der Waals surface area contributed by atoms with E-state index in [9.17, 15) is 0 Å². The Bertz CT molecular complexity index is 555. The van der Waals surface area contributed by atoms with Crippen LogP contribution in [0.4, 0.5) is 0 Å². The fourth-order valence-corrected chi connectivity index (χ4v) is 2.38. The number of aromatic amines is 1. The van der Waals surface area contributed by atoms with Crippen LogP contribution in [-0.4, -0.2) is 17.6 Å². The smallest absolute Gasteiger partial charge is 0.120 e. The van der Waals surface area contributed by atoms with Gasteiger partial charge >= 0.3 is 0 Å². The number of H-pyrrole nitrogens is 1. The second kappa shape index (κ2) is 4.65. The molecule has 3 heteroatoms. The number of aromatic nitrogens is 1. The molecule has 1 aliphatic carbocycles. The Hall–Kier alpha value is -1.48. The van der Waals surface area contributed by atoms with E-state index in [1.807, 2.05) is 13.0 Å². The van der Waals surface area contributed by atoms with Crippen LogP contribution in [0, 0.1) is 6.92 Å². The third-order valence-electron chi connectivity index (χ3n) is 3.55. The first kappa shape index (κ1) is 11.6. The molecule has 0 spiro atoms. The minimum Gasteiger partial charge on any atom is -0.494 e. The second-order valence-corrected chi connectivity index (χ2v) is 5.02. The van der Waals surface area contributed by atoms with Gasteiger partial charge in [-0.15, -0.1) is 0 Å². The molecule has 1 heterocycles. The lowest BCUT2D eigenvalue weighted by molar-refractivity contribution is 0.340. The monoisotopic (exact) mass is 244 g/mol. The van der Waals surface area contributed by atoms with Crippen molar-refractivity contribution in [2.75, 3.05) is 6.61 Å². The van der Waals surface area contributed by atoms with Crippen molar-refractivity contribution in [2.24, 2.45) is 0 Å². The second-order valence-electron chi connectivity index (χ2n) is 5.02. The predicted octanol–water partition coefficient (Wildman–Crippen LogP) is 3.13. The zero-order valence-electron chi connectivity index (χ0n) is 11.0. The summed E-state index contributed by atoms with van der Waals surface area (Å²) < 4.78 is 5.58. The van der Waals surface area contributed by atoms with Gasteiger partial charge in [-0.05, 0) is 50.5 Å². The molecule has 1 aromatic carbocycles. The Morgan fingerprint density at radius 1 is 1.39 bits per heavy atom. The van der Waals surface area contributed by atoms with Crippen LogP contribution in [0.15, 0.2) is 18.2 Å². The zero-order valence-corrected chi connectivity index (χ0v) is 11.0. The van der Waals surface area contributed by atoms with Gasteiger partial charge in [0.1, 0.15) is 5.75 Å². The van der Waals surface area contributed by atoms with Crippen LogP contribution in [0.2, 0.25) is 0 Å². The molecular weight excluding hydrogens is 224 g/mol. The minimum atomic E-state index is 0.713. The molecule has 96 valence electrons. The van der Waals surface area contributed by atoms with Crippen LogP contribution in [0.3, 0.4) is 0 Å². The van der Waals surface area contributed by atoms with Crippen molar-refractivity contribution in [3.8, 4) is 5.75 Å². The normalized spacial score (nSPS) is 15.2. The maximum atomic E-state index is 5.58. The first-order valence-corrected chi connectivity index (χ1v) is 6.75. The van der Waals surface area contributed by atoms with Crippen molar-refractivity contribution in [3.05, 3.63) is 29.5 Å². The maximum absolute atomic E-state index is 5.58. The van der Waals surface area contributed by atoms with Crippen molar-refractivity contribution in [2.45, 2.75) is 39.3 Å². The van der Waals surface area contributed by atoms with Gasteiger partial charge in [0.2, 0.25) is 0 Å². The Kier molecular flexibility index (Phi) is 3.00. The van der Waals surface area contributed by atoms with Gasteiger partial charge < -0.3 is 15.0 Å². The maximum Gasteiger partial charge on any atom is 0.120 e. The molecule has 0 atom stereocenters. The highest BCUT2D eigenvalue weighted by Gasteiger charge is 2.21. The summed E-state index contributed by atoms with van der Waals surface area (Å²) in [6, 6.07) is 7.02. The number of hydrogen-bond acceptors (Lipinski definition) is 2. The molecular formula is C15H20N2O. The summed E-state index contributed by atoms with van der Waals surface area (Å²) in [5.74, 6) is 0.955. The number of nitrogens with one attached hydrogen (secondary N) is 2. The predicted molar refractivity (Wildman–Crippen MR) is 74.1 cm³/mol. The number of hydrogen-bond donors (Lipinski definition) is 2. The van der Waals surface area contributed by atoms with Gasteiger partial charge in [0, 0.05) is 29.2 Å². The molecule has 0 unspecified atom stereocenters. The molecule has 0 bridgehead atoms. The van der Waals surface area contributed by atoms with Gasteiger partial charge in [-0.3, -0.25) is 0 Å². The van der Waals surface area contributed by atoms with Crippen LogP contribution in [0.5, 0.6) is 5.75 Å². The molecule has 1 saturated carbocycles. The highest BCUT2D eigenvalue weighted by Crippen LogP contribution is 2.27. The highest BCUT2D eigenvalue weighted by molar-refractivity contribution is 5.86. The van der Waals surface area contributed by atoms with E-state index in [0.717, 1.165) is 18.3 Å². The van der Waals surface area contributed by atoms with Gasteiger partial charge in [0.15, 0.2) is 0 Å². The van der Waals surface area contributed by atoms with Gasteiger partial charge in [-0.2, -0.15) is 0 Å². The molecule has 0 aliphatic heterocycles.